The molecule has 0 unspecified atom stereocenters. The lowest BCUT2D eigenvalue weighted by Crippen LogP contribution is -2.43. The van der Waals surface area contributed by atoms with Crippen molar-refractivity contribution in [2.75, 3.05) is 0 Å². The van der Waals surface area contributed by atoms with E-state index in [1.165, 1.54) is 0 Å². The number of hydrogen-bond acceptors (Lipinski definition) is 2. The van der Waals surface area contributed by atoms with Crippen LogP contribution in [-0.4, -0.2) is 19.0 Å². The van der Waals surface area contributed by atoms with Crippen LogP contribution < -0.4 is 4.43 Å². The van der Waals surface area contributed by atoms with E-state index in [0.29, 0.717) is 6.42 Å². The molecule has 0 spiro atoms. The maximum atomic E-state index is 10.6. The van der Waals surface area contributed by atoms with Gasteiger partial charge in [-0.05, 0) is 67.7 Å². The summed E-state index contributed by atoms with van der Waals surface area (Å²) in [5, 5.41) is 10.8. The van der Waals surface area contributed by atoms with Crippen LogP contribution in [0, 0.1) is 17.8 Å². The Kier molecular flexibility index (Phi) is 6.24. The van der Waals surface area contributed by atoms with Gasteiger partial charge in [-0.2, -0.15) is 0 Å². The molecular formula is C23H32O2Si. The first-order chi connectivity index (χ1) is 12.1. The van der Waals surface area contributed by atoms with Crippen molar-refractivity contribution in [2.45, 2.75) is 70.2 Å². The standard InChI is InChI=1S/C23H32O2Si/c1-7-17-23(24)18-9-12-20(23)11-8-10-19-13-15-21(16-14-19)25-26(5,6)22(2,3)4/h13-17,20,24H,1,9,11-12,18H2,2-6H3/t20-,23+/m0/s1. The lowest BCUT2D eigenvalue weighted by atomic mass is 9.88. The average molecular weight is 369 g/mol. The molecule has 1 aliphatic carbocycles. The van der Waals surface area contributed by atoms with Crippen molar-refractivity contribution in [2.24, 2.45) is 5.92 Å². The number of aliphatic hydroxyl groups is 1. The number of benzene rings is 1. The van der Waals surface area contributed by atoms with E-state index in [-0.39, 0.29) is 11.0 Å². The third-order valence-electron chi connectivity index (χ3n) is 5.80. The smallest absolute Gasteiger partial charge is 0.250 e. The molecule has 2 atom stereocenters. The minimum absolute atomic E-state index is 0.172. The van der Waals surface area contributed by atoms with Crippen molar-refractivity contribution < 1.29 is 9.53 Å². The average Bonchev–Trinajstić information content (AvgIpc) is 2.89. The monoisotopic (exact) mass is 368 g/mol. The van der Waals surface area contributed by atoms with Gasteiger partial charge in [0.25, 0.3) is 0 Å². The van der Waals surface area contributed by atoms with Crippen molar-refractivity contribution in [1.29, 1.82) is 0 Å². The SMILES string of the molecule is C=C=C[C@@]1(O)CCC[C@@H]1CC#Cc1ccc(O[Si](C)(C)C(C)(C)C)cc1. The van der Waals surface area contributed by atoms with Gasteiger partial charge in [-0.15, -0.1) is 5.73 Å². The maximum absolute atomic E-state index is 10.6. The Morgan fingerprint density at radius 3 is 2.54 bits per heavy atom. The fourth-order valence-corrected chi connectivity index (χ4v) is 4.09. The van der Waals surface area contributed by atoms with Crippen molar-refractivity contribution in [3.63, 3.8) is 0 Å². The van der Waals surface area contributed by atoms with Crippen LogP contribution in [0.15, 0.2) is 42.7 Å². The third kappa shape index (κ3) is 4.92. The van der Waals surface area contributed by atoms with Crippen molar-refractivity contribution in [3.05, 3.63) is 48.2 Å². The molecule has 1 aromatic carbocycles. The molecule has 0 saturated heterocycles. The summed E-state index contributed by atoms with van der Waals surface area (Å²) in [7, 11) is -1.81. The van der Waals surface area contributed by atoms with E-state index in [1.54, 1.807) is 6.08 Å². The fraction of sp³-hybridized carbons (Fsp3) is 0.522. The first-order valence-corrected chi connectivity index (χ1v) is 12.4. The molecule has 3 heteroatoms. The van der Waals surface area contributed by atoms with E-state index in [0.717, 1.165) is 30.6 Å². The largest absolute Gasteiger partial charge is 0.544 e. The molecule has 0 heterocycles. The molecule has 0 amide bonds. The van der Waals surface area contributed by atoms with Gasteiger partial charge < -0.3 is 9.53 Å². The van der Waals surface area contributed by atoms with Gasteiger partial charge in [-0.25, -0.2) is 0 Å². The Bertz CT molecular complexity index is 724. The van der Waals surface area contributed by atoms with E-state index >= 15 is 0 Å². The van der Waals surface area contributed by atoms with Crippen LogP contribution >= 0.6 is 0 Å². The molecule has 1 saturated carbocycles. The van der Waals surface area contributed by atoms with Gasteiger partial charge in [0.1, 0.15) is 5.75 Å². The molecule has 26 heavy (non-hydrogen) atoms. The van der Waals surface area contributed by atoms with Crippen LogP contribution in [0.1, 0.15) is 52.0 Å². The topological polar surface area (TPSA) is 29.5 Å². The summed E-state index contributed by atoms with van der Waals surface area (Å²) in [5.74, 6) is 7.55. The normalized spacial score (nSPS) is 22.9. The van der Waals surface area contributed by atoms with Crippen LogP contribution in [0.25, 0.3) is 0 Å². The Morgan fingerprint density at radius 2 is 1.96 bits per heavy atom. The summed E-state index contributed by atoms with van der Waals surface area (Å²) in [6.07, 6.45) is 5.21. The Labute approximate surface area is 160 Å². The van der Waals surface area contributed by atoms with Gasteiger partial charge in [-0.1, -0.05) is 39.2 Å². The zero-order valence-corrected chi connectivity index (χ0v) is 17.9. The van der Waals surface area contributed by atoms with Crippen molar-refractivity contribution >= 4 is 8.32 Å². The predicted octanol–water partition coefficient (Wildman–Crippen LogP) is 5.68. The minimum atomic E-state index is -1.81. The molecule has 0 bridgehead atoms. The molecule has 0 aromatic heterocycles. The molecule has 140 valence electrons. The molecule has 0 aliphatic heterocycles. The quantitative estimate of drug-likeness (QED) is 0.420. The molecule has 2 rings (SSSR count). The van der Waals surface area contributed by atoms with E-state index < -0.39 is 13.9 Å². The van der Waals surface area contributed by atoms with Gasteiger partial charge in [0.15, 0.2) is 0 Å². The summed E-state index contributed by atoms with van der Waals surface area (Å²) in [6, 6.07) is 8.05. The lowest BCUT2D eigenvalue weighted by molar-refractivity contribution is 0.0532. The number of hydrogen-bond donors (Lipinski definition) is 1. The van der Waals surface area contributed by atoms with E-state index in [1.807, 2.05) is 24.3 Å². The zero-order valence-electron chi connectivity index (χ0n) is 16.9. The maximum Gasteiger partial charge on any atom is 0.250 e. The number of rotatable bonds is 4. The van der Waals surface area contributed by atoms with Crippen LogP contribution in [0.4, 0.5) is 0 Å². The van der Waals surface area contributed by atoms with Crippen molar-refractivity contribution in [3.8, 4) is 17.6 Å². The van der Waals surface area contributed by atoms with E-state index in [9.17, 15) is 5.11 Å². The summed E-state index contributed by atoms with van der Waals surface area (Å²) >= 11 is 0. The van der Waals surface area contributed by atoms with Gasteiger partial charge in [0.05, 0.1) is 5.60 Å². The lowest BCUT2D eigenvalue weighted by Gasteiger charge is -2.36. The molecule has 1 N–H and O–H groups in total. The highest BCUT2D eigenvalue weighted by Crippen LogP contribution is 2.39. The van der Waals surface area contributed by atoms with Gasteiger partial charge in [0, 0.05) is 17.9 Å². The second-order valence-electron chi connectivity index (χ2n) is 8.82. The molecule has 1 aromatic rings. The van der Waals surface area contributed by atoms with Gasteiger partial charge >= 0.3 is 0 Å². The highest BCUT2D eigenvalue weighted by molar-refractivity contribution is 6.74. The first kappa shape index (κ1) is 20.6. The highest BCUT2D eigenvalue weighted by Gasteiger charge is 2.39. The Morgan fingerprint density at radius 1 is 1.31 bits per heavy atom. The summed E-state index contributed by atoms with van der Waals surface area (Å²) < 4.78 is 6.30. The van der Waals surface area contributed by atoms with Crippen LogP contribution in [0.3, 0.4) is 0 Å². The molecule has 0 radical (unpaired) electrons. The molecule has 2 nitrogen and oxygen atoms in total. The predicted molar refractivity (Wildman–Crippen MR) is 112 cm³/mol. The van der Waals surface area contributed by atoms with Crippen LogP contribution in [0.5, 0.6) is 5.75 Å². The fourth-order valence-electron chi connectivity index (χ4n) is 3.06. The third-order valence-corrected chi connectivity index (χ3v) is 10.2. The molecular weight excluding hydrogens is 336 g/mol. The van der Waals surface area contributed by atoms with Crippen LogP contribution in [-0.2, 0) is 0 Å². The van der Waals surface area contributed by atoms with E-state index in [2.05, 4.69) is 58.0 Å². The van der Waals surface area contributed by atoms with Gasteiger partial charge in [0.2, 0.25) is 8.32 Å². The zero-order chi connectivity index (χ0) is 19.4. The van der Waals surface area contributed by atoms with Crippen LogP contribution in [0.2, 0.25) is 18.1 Å². The van der Waals surface area contributed by atoms with E-state index in [4.69, 9.17) is 4.43 Å². The summed E-state index contributed by atoms with van der Waals surface area (Å²) in [6.45, 7) is 14.8. The second-order valence-corrected chi connectivity index (χ2v) is 13.5. The minimum Gasteiger partial charge on any atom is -0.544 e. The Hall–Kier alpha value is -1.72. The molecule has 1 fully saturated rings. The molecule has 1 aliphatic rings. The first-order valence-electron chi connectivity index (χ1n) is 9.45. The Balaban J connectivity index is 2.00. The summed E-state index contributed by atoms with van der Waals surface area (Å²) in [4.78, 5) is 0. The van der Waals surface area contributed by atoms with Gasteiger partial charge in [-0.3, -0.25) is 0 Å². The summed E-state index contributed by atoms with van der Waals surface area (Å²) in [5.41, 5.74) is 2.94. The second kappa shape index (κ2) is 7.88. The highest BCUT2D eigenvalue weighted by atomic mass is 28.4. The van der Waals surface area contributed by atoms with Crippen molar-refractivity contribution in [1.82, 2.24) is 0 Å².